The fourth-order valence-corrected chi connectivity index (χ4v) is 2.07. The van der Waals surface area contributed by atoms with Crippen LogP contribution in [-0.4, -0.2) is 13.0 Å². The van der Waals surface area contributed by atoms with Crippen molar-refractivity contribution in [3.63, 3.8) is 0 Å². The highest BCUT2D eigenvalue weighted by Crippen LogP contribution is 2.28. The summed E-state index contributed by atoms with van der Waals surface area (Å²) in [5, 5.41) is 14.6. The number of carbonyl (C=O) groups is 1. The summed E-state index contributed by atoms with van der Waals surface area (Å²) in [6.45, 7) is 1.57. The number of nitriles is 1. The Bertz CT molecular complexity index is 769. The Balaban J connectivity index is 2.25. The fraction of sp³-hybridized carbons (Fsp3) is 0.176. The molecule has 0 heterocycles. The molecule has 118 valence electrons. The van der Waals surface area contributed by atoms with Gasteiger partial charge in [-0.25, -0.2) is 4.39 Å². The monoisotopic (exact) mass is 313 g/mol. The molecule has 0 saturated carbocycles. The van der Waals surface area contributed by atoms with Crippen LogP contribution < -0.4 is 15.4 Å². The maximum atomic E-state index is 13.8. The molecule has 0 aliphatic rings. The van der Waals surface area contributed by atoms with E-state index in [1.54, 1.807) is 18.2 Å². The molecule has 0 aromatic heterocycles. The number of ether oxygens (including phenoxy) is 1. The topological polar surface area (TPSA) is 74.2 Å². The van der Waals surface area contributed by atoms with E-state index in [0.29, 0.717) is 28.3 Å². The number of halogens is 1. The summed E-state index contributed by atoms with van der Waals surface area (Å²) >= 11 is 0. The average Bonchev–Trinajstić information content (AvgIpc) is 2.54. The van der Waals surface area contributed by atoms with Crippen molar-refractivity contribution >= 4 is 17.3 Å². The van der Waals surface area contributed by atoms with Crippen molar-refractivity contribution in [2.75, 3.05) is 17.7 Å². The van der Waals surface area contributed by atoms with Gasteiger partial charge in [-0.1, -0.05) is 0 Å². The number of rotatable bonds is 5. The molecule has 0 aliphatic heterocycles. The third-order valence-corrected chi connectivity index (χ3v) is 3.18. The van der Waals surface area contributed by atoms with Crippen molar-refractivity contribution < 1.29 is 13.9 Å². The third-order valence-electron chi connectivity index (χ3n) is 3.18. The summed E-state index contributed by atoms with van der Waals surface area (Å²) in [5.41, 5.74) is 1.91. The number of hydrogen-bond donors (Lipinski definition) is 2. The highest BCUT2D eigenvalue weighted by atomic mass is 19.1. The molecular weight excluding hydrogens is 297 g/mol. The molecule has 1 amide bonds. The number of nitrogens with one attached hydrogen (secondary N) is 2. The van der Waals surface area contributed by atoms with E-state index in [-0.39, 0.29) is 12.5 Å². The van der Waals surface area contributed by atoms with E-state index >= 15 is 0 Å². The highest BCUT2D eigenvalue weighted by molar-refractivity contribution is 5.92. The number of nitrogens with zero attached hydrogens (tertiary/aromatic N) is 1. The van der Waals surface area contributed by atoms with Gasteiger partial charge in [0.1, 0.15) is 11.6 Å². The molecule has 5 nitrogen and oxygen atoms in total. The lowest BCUT2D eigenvalue weighted by atomic mass is 10.1. The molecule has 0 fully saturated rings. The van der Waals surface area contributed by atoms with Crippen molar-refractivity contribution in [3.8, 4) is 11.8 Å². The molecule has 2 N–H and O–H groups in total. The van der Waals surface area contributed by atoms with E-state index in [0.717, 1.165) is 0 Å². The maximum Gasteiger partial charge on any atom is 0.221 e. The number of carbonyl (C=O) groups excluding carboxylic acids is 1. The van der Waals surface area contributed by atoms with Crippen LogP contribution in [0.15, 0.2) is 36.4 Å². The summed E-state index contributed by atoms with van der Waals surface area (Å²) in [6.07, 6.45) is 0. The van der Waals surface area contributed by atoms with Crippen molar-refractivity contribution in [2.45, 2.75) is 13.5 Å². The average molecular weight is 313 g/mol. The van der Waals surface area contributed by atoms with Gasteiger partial charge >= 0.3 is 0 Å². The largest absolute Gasteiger partial charge is 0.497 e. The molecule has 23 heavy (non-hydrogen) atoms. The molecule has 2 rings (SSSR count). The number of hydrogen-bond acceptors (Lipinski definition) is 4. The van der Waals surface area contributed by atoms with Gasteiger partial charge in [0.15, 0.2) is 0 Å². The second-order valence-electron chi connectivity index (χ2n) is 4.86. The predicted octanol–water partition coefficient (Wildman–Crippen LogP) is 3.28. The molecule has 0 atom stereocenters. The SMILES string of the molecule is COc1ccc(NC(C)=O)c(NCc2cc(C#N)ccc2F)c1. The Morgan fingerprint density at radius 1 is 1.26 bits per heavy atom. The Hall–Kier alpha value is -3.07. The highest BCUT2D eigenvalue weighted by Gasteiger charge is 2.08. The summed E-state index contributed by atoms with van der Waals surface area (Å²) < 4.78 is 19.0. The molecule has 0 bridgehead atoms. The Morgan fingerprint density at radius 3 is 2.70 bits per heavy atom. The standard InChI is InChI=1S/C17H16FN3O2/c1-11(22)21-16-6-4-14(23-2)8-17(16)20-10-13-7-12(9-19)3-5-15(13)18/h3-8,20H,10H2,1-2H3,(H,21,22). The minimum Gasteiger partial charge on any atom is -0.497 e. The van der Waals surface area contributed by atoms with Crippen LogP contribution in [0.1, 0.15) is 18.1 Å². The third kappa shape index (κ3) is 4.20. The van der Waals surface area contributed by atoms with E-state index in [1.165, 1.54) is 32.2 Å². The van der Waals surface area contributed by atoms with Gasteiger partial charge in [-0.3, -0.25) is 4.79 Å². The van der Waals surface area contributed by atoms with Crippen LogP contribution in [0.3, 0.4) is 0 Å². The number of anilines is 2. The van der Waals surface area contributed by atoms with E-state index in [2.05, 4.69) is 10.6 Å². The minimum absolute atomic E-state index is 0.168. The van der Waals surface area contributed by atoms with Gasteiger partial charge in [0.05, 0.1) is 30.1 Å². The lowest BCUT2D eigenvalue weighted by Crippen LogP contribution is -2.10. The zero-order valence-electron chi connectivity index (χ0n) is 12.8. The lowest BCUT2D eigenvalue weighted by molar-refractivity contribution is -0.114. The van der Waals surface area contributed by atoms with Crippen molar-refractivity contribution in [1.29, 1.82) is 5.26 Å². The molecule has 2 aromatic carbocycles. The summed E-state index contributed by atoms with van der Waals surface area (Å²) in [7, 11) is 1.53. The quantitative estimate of drug-likeness (QED) is 0.888. The van der Waals surface area contributed by atoms with Crippen LogP contribution >= 0.6 is 0 Å². The summed E-state index contributed by atoms with van der Waals surface area (Å²) in [6, 6.07) is 11.3. The van der Waals surface area contributed by atoms with Crippen molar-refractivity contribution in [2.24, 2.45) is 0 Å². The van der Waals surface area contributed by atoms with Crippen LogP contribution in [0, 0.1) is 17.1 Å². The second-order valence-corrected chi connectivity index (χ2v) is 4.86. The van der Waals surface area contributed by atoms with Crippen LogP contribution in [0.25, 0.3) is 0 Å². The van der Waals surface area contributed by atoms with E-state index in [9.17, 15) is 9.18 Å². The predicted molar refractivity (Wildman–Crippen MR) is 85.7 cm³/mol. The molecule has 6 heteroatoms. The minimum atomic E-state index is -0.402. The maximum absolute atomic E-state index is 13.8. The second kappa shape index (κ2) is 7.27. The first-order valence-corrected chi connectivity index (χ1v) is 6.91. The van der Waals surface area contributed by atoms with Crippen LogP contribution in [0.4, 0.5) is 15.8 Å². The van der Waals surface area contributed by atoms with Gasteiger partial charge in [0, 0.05) is 25.1 Å². The first kappa shape index (κ1) is 16.3. The van der Waals surface area contributed by atoms with Crippen LogP contribution in [0.2, 0.25) is 0 Å². The van der Waals surface area contributed by atoms with Gasteiger partial charge in [-0.2, -0.15) is 5.26 Å². The zero-order chi connectivity index (χ0) is 16.8. The lowest BCUT2D eigenvalue weighted by Gasteiger charge is -2.14. The van der Waals surface area contributed by atoms with Gasteiger partial charge in [-0.05, 0) is 30.3 Å². The van der Waals surface area contributed by atoms with Gasteiger partial charge < -0.3 is 15.4 Å². The summed E-state index contributed by atoms with van der Waals surface area (Å²) in [4.78, 5) is 11.3. The molecule has 0 radical (unpaired) electrons. The molecular formula is C17H16FN3O2. The van der Waals surface area contributed by atoms with Gasteiger partial charge in [-0.15, -0.1) is 0 Å². The molecule has 0 aliphatic carbocycles. The van der Waals surface area contributed by atoms with E-state index in [4.69, 9.17) is 10.00 Å². The van der Waals surface area contributed by atoms with Gasteiger partial charge in [0.2, 0.25) is 5.91 Å². The first-order valence-electron chi connectivity index (χ1n) is 6.91. The smallest absolute Gasteiger partial charge is 0.221 e. The number of methoxy groups -OCH3 is 1. The summed E-state index contributed by atoms with van der Waals surface area (Å²) in [5.74, 6) is -0.0100. The number of benzene rings is 2. The normalized spacial score (nSPS) is 9.83. The van der Waals surface area contributed by atoms with E-state index in [1.807, 2.05) is 6.07 Å². The Morgan fingerprint density at radius 2 is 2.04 bits per heavy atom. The van der Waals surface area contributed by atoms with Crippen LogP contribution in [-0.2, 0) is 11.3 Å². The molecule has 0 spiro atoms. The molecule has 2 aromatic rings. The Labute approximate surface area is 133 Å². The van der Waals surface area contributed by atoms with Crippen LogP contribution in [0.5, 0.6) is 5.75 Å². The molecule has 0 unspecified atom stereocenters. The first-order chi connectivity index (χ1) is 11.0. The van der Waals surface area contributed by atoms with Gasteiger partial charge in [0.25, 0.3) is 0 Å². The van der Waals surface area contributed by atoms with E-state index < -0.39 is 5.82 Å². The number of amides is 1. The molecule has 0 saturated heterocycles. The Kier molecular flexibility index (Phi) is 5.15. The van der Waals surface area contributed by atoms with Crippen molar-refractivity contribution in [1.82, 2.24) is 0 Å². The zero-order valence-corrected chi connectivity index (χ0v) is 12.8. The van der Waals surface area contributed by atoms with Crippen molar-refractivity contribution in [3.05, 3.63) is 53.3 Å². The fourth-order valence-electron chi connectivity index (χ4n) is 2.07.